The minimum absolute atomic E-state index is 0.0154. The molecule has 17 nitrogen and oxygen atoms in total. The average Bonchev–Trinajstić information content (AvgIpc) is 3.28. The molecule has 0 aromatic carbocycles. The monoisotopic (exact) mass is 975 g/mol. The maximum Gasteiger partial charge on any atom is 0.472 e. The van der Waals surface area contributed by atoms with Gasteiger partial charge in [-0.1, -0.05) is 169 Å². The molecule has 0 aliphatic carbocycles. The molecule has 384 valence electrons. The van der Waals surface area contributed by atoms with Crippen LogP contribution in [0.25, 0.3) is 0 Å². The second kappa shape index (κ2) is 42.2. The molecule has 0 saturated carbocycles. The van der Waals surface area contributed by atoms with Crippen molar-refractivity contribution in [2.75, 3.05) is 39.6 Å². The van der Waals surface area contributed by atoms with Crippen LogP contribution in [0.2, 0.25) is 0 Å². The molecule has 0 bridgehead atoms. The molecule has 65 heavy (non-hydrogen) atoms. The molecule has 0 aromatic heterocycles. The van der Waals surface area contributed by atoms with Crippen molar-refractivity contribution in [3.8, 4) is 0 Å². The molecule has 0 radical (unpaired) electrons. The van der Waals surface area contributed by atoms with Crippen molar-refractivity contribution in [2.24, 2.45) is 0 Å². The maximum absolute atomic E-state index is 12.6. The summed E-state index contributed by atoms with van der Waals surface area (Å²) < 4.78 is 65.6. The molecule has 3 N–H and O–H groups in total. The van der Waals surface area contributed by atoms with Crippen LogP contribution >= 0.6 is 15.6 Å². The molecule has 5 atom stereocenters. The second-order valence-corrected chi connectivity index (χ2v) is 19.7. The molecule has 0 spiro atoms. The molecule has 0 amide bonds. The Morgan fingerprint density at radius 3 is 1.02 bits per heavy atom. The number of ether oxygens (including phenoxy) is 4. The number of aliphatic hydroxyl groups excluding tert-OH is 1. The summed E-state index contributed by atoms with van der Waals surface area (Å²) >= 11 is 0. The number of carbonyl (C=O) groups excluding carboxylic acids is 4. The van der Waals surface area contributed by atoms with Gasteiger partial charge in [-0.25, -0.2) is 9.13 Å². The molecule has 0 fully saturated rings. The Balaban J connectivity index is 4.66. The van der Waals surface area contributed by atoms with Crippen LogP contribution in [0.15, 0.2) is 0 Å². The summed E-state index contributed by atoms with van der Waals surface area (Å²) in [4.78, 5) is 69.4. The van der Waals surface area contributed by atoms with E-state index in [9.17, 15) is 43.2 Å². The fourth-order valence-electron chi connectivity index (χ4n) is 6.47. The fraction of sp³-hybridized carbons (Fsp3) is 0.913. The first kappa shape index (κ1) is 63.1. The summed E-state index contributed by atoms with van der Waals surface area (Å²) in [5.74, 6) is -2.29. The van der Waals surface area contributed by atoms with Crippen molar-refractivity contribution in [1.29, 1.82) is 0 Å². The third-order valence-corrected chi connectivity index (χ3v) is 12.3. The number of hydrogen-bond acceptors (Lipinski definition) is 15. The van der Waals surface area contributed by atoms with Gasteiger partial charge in [-0.05, 0) is 19.3 Å². The lowest BCUT2D eigenvalue weighted by Crippen LogP contribution is -2.30. The zero-order valence-corrected chi connectivity index (χ0v) is 42.2. The van der Waals surface area contributed by atoms with E-state index in [0.29, 0.717) is 19.3 Å². The van der Waals surface area contributed by atoms with E-state index in [2.05, 4.69) is 13.8 Å². The van der Waals surface area contributed by atoms with Crippen molar-refractivity contribution >= 4 is 39.5 Å². The Hall–Kier alpha value is -1.94. The first-order valence-corrected chi connectivity index (χ1v) is 27.8. The van der Waals surface area contributed by atoms with Gasteiger partial charge in [0, 0.05) is 25.7 Å². The first-order chi connectivity index (χ1) is 31.2. The van der Waals surface area contributed by atoms with Gasteiger partial charge < -0.3 is 33.8 Å². The summed E-state index contributed by atoms with van der Waals surface area (Å²) in [6.45, 7) is 3.82. The lowest BCUT2D eigenvalue weighted by molar-refractivity contribution is -0.161. The SMILES string of the molecule is CCCCCCCCCCCCCCCCCC(=O)OC[C@H](COP(=O)(O)OC[C@@H](O)COP(=O)(O)OC[C@@H](COC(=O)CCCCCCCCCC)OC(=O)CC)OC(=O)CCCC. The van der Waals surface area contributed by atoms with E-state index in [1.165, 1.54) is 96.8 Å². The lowest BCUT2D eigenvalue weighted by atomic mass is 10.0. The number of phosphoric acid groups is 2. The number of carbonyl (C=O) groups is 4. The van der Waals surface area contributed by atoms with Gasteiger partial charge in [-0.15, -0.1) is 0 Å². The predicted octanol–water partition coefficient (Wildman–Crippen LogP) is 10.9. The van der Waals surface area contributed by atoms with E-state index in [1.54, 1.807) is 0 Å². The summed E-state index contributed by atoms with van der Waals surface area (Å²) in [5, 5.41) is 10.3. The average molecular weight is 975 g/mol. The summed E-state index contributed by atoms with van der Waals surface area (Å²) in [6.07, 6.45) is 23.8. The van der Waals surface area contributed by atoms with Gasteiger partial charge in [0.05, 0.1) is 26.4 Å². The number of rotatable bonds is 47. The van der Waals surface area contributed by atoms with Gasteiger partial charge >= 0.3 is 39.5 Å². The first-order valence-electron chi connectivity index (χ1n) is 24.8. The van der Waals surface area contributed by atoms with E-state index < -0.39 is 97.5 Å². The van der Waals surface area contributed by atoms with Crippen LogP contribution in [0.4, 0.5) is 0 Å². The Kier molecular flexibility index (Phi) is 40.9. The fourth-order valence-corrected chi connectivity index (χ4v) is 8.04. The molecule has 0 saturated heterocycles. The van der Waals surface area contributed by atoms with Gasteiger partial charge in [-0.2, -0.15) is 0 Å². The van der Waals surface area contributed by atoms with Crippen LogP contribution in [0.3, 0.4) is 0 Å². The van der Waals surface area contributed by atoms with Crippen molar-refractivity contribution in [3.63, 3.8) is 0 Å². The minimum Gasteiger partial charge on any atom is -0.462 e. The number of unbranched alkanes of at least 4 members (excludes halogenated alkanes) is 22. The molecule has 0 aliphatic rings. The Labute approximate surface area is 390 Å². The standard InChI is InChI=1S/C46H88O17P2/c1-5-9-12-14-16-18-19-20-21-22-23-24-26-28-30-33-45(50)57-37-42(63-46(51)31-11-7-3)39-61-65(54,55)59-35-40(47)34-58-64(52,53)60-38-41(62-43(48)8-4)36-56-44(49)32-29-27-25-17-15-13-10-6-2/h40-42,47H,5-39H2,1-4H3,(H,52,53)(H,54,55)/t40-,41+,42+/m0/s1. The molecule has 0 rings (SSSR count). The molecule has 0 aliphatic heterocycles. The summed E-state index contributed by atoms with van der Waals surface area (Å²) in [7, 11) is -9.78. The number of hydrogen-bond donors (Lipinski definition) is 3. The van der Waals surface area contributed by atoms with Crippen LogP contribution in [-0.2, 0) is 65.4 Å². The molecule has 0 heterocycles. The van der Waals surface area contributed by atoms with E-state index in [0.717, 1.165) is 51.4 Å². The van der Waals surface area contributed by atoms with Gasteiger partial charge in [0.1, 0.15) is 19.3 Å². The lowest BCUT2D eigenvalue weighted by Gasteiger charge is -2.21. The number of aliphatic hydroxyl groups is 1. The number of phosphoric ester groups is 2. The van der Waals surface area contributed by atoms with Crippen LogP contribution in [0.1, 0.15) is 214 Å². The van der Waals surface area contributed by atoms with Crippen molar-refractivity contribution in [1.82, 2.24) is 0 Å². The van der Waals surface area contributed by atoms with Gasteiger partial charge in [0.15, 0.2) is 12.2 Å². The minimum atomic E-state index is -4.90. The Morgan fingerprint density at radius 2 is 0.677 bits per heavy atom. The molecular formula is C46H88O17P2. The third kappa shape index (κ3) is 41.9. The largest absolute Gasteiger partial charge is 0.472 e. The molecule has 2 unspecified atom stereocenters. The predicted molar refractivity (Wildman–Crippen MR) is 248 cm³/mol. The molecular weight excluding hydrogens is 886 g/mol. The smallest absolute Gasteiger partial charge is 0.462 e. The van der Waals surface area contributed by atoms with Gasteiger partial charge in [-0.3, -0.25) is 37.3 Å². The van der Waals surface area contributed by atoms with Gasteiger partial charge in [0.2, 0.25) is 0 Å². The summed E-state index contributed by atoms with van der Waals surface area (Å²) in [5.41, 5.74) is 0. The maximum atomic E-state index is 12.6. The van der Waals surface area contributed by atoms with Crippen LogP contribution in [-0.4, -0.2) is 96.7 Å². The van der Waals surface area contributed by atoms with E-state index in [4.69, 9.17) is 37.0 Å². The van der Waals surface area contributed by atoms with Crippen molar-refractivity contribution in [3.05, 3.63) is 0 Å². The zero-order chi connectivity index (χ0) is 48.4. The highest BCUT2D eigenvalue weighted by Gasteiger charge is 2.30. The van der Waals surface area contributed by atoms with Crippen LogP contribution in [0.5, 0.6) is 0 Å². The zero-order valence-electron chi connectivity index (χ0n) is 40.4. The highest BCUT2D eigenvalue weighted by Crippen LogP contribution is 2.45. The molecule has 19 heteroatoms. The number of esters is 4. The van der Waals surface area contributed by atoms with Gasteiger partial charge in [0.25, 0.3) is 0 Å². The van der Waals surface area contributed by atoms with E-state index in [-0.39, 0.29) is 25.7 Å². The van der Waals surface area contributed by atoms with Crippen LogP contribution < -0.4 is 0 Å². The van der Waals surface area contributed by atoms with Crippen LogP contribution in [0, 0.1) is 0 Å². The van der Waals surface area contributed by atoms with Crippen molar-refractivity contribution < 1.29 is 80.2 Å². The Morgan fingerprint density at radius 1 is 0.385 bits per heavy atom. The van der Waals surface area contributed by atoms with E-state index >= 15 is 0 Å². The quantitative estimate of drug-likeness (QED) is 0.0222. The topological polar surface area (TPSA) is 237 Å². The highest BCUT2D eigenvalue weighted by atomic mass is 31.2. The molecule has 0 aromatic rings. The second-order valence-electron chi connectivity index (χ2n) is 16.7. The summed E-state index contributed by atoms with van der Waals surface area (Å²) in [6, 6.07) is 0. The van der Waals surface area contributed by atoms with Crippen molar-refractivity contribution in [2.45, 2.75) is 232 Å². The third-order valence-electron chi connectivity index (χ3n) is 10.4. The Bertz CT molecular complexity index is 1300. The normalized spacial score (nSPS) is 14.8. The highest BCUT2D eigenvalue weighted by molar-refractivity contribution is 7.47. The van der Waals surface area contributed by atoms with E-state index in [1.807, 2.05) is 6.92 Å².